The number of piperidine rings is 1. The smallest absolute Gasteiger partial charge is 0.0408 e. The van der Waals surface area contributed by atoms with Crippen molar-refractivity contribution in [2.24, 2.45) is 5.92 Å². The summed E-state index contributed by atoms with van der Waals surface area (Å²) in [6, 6.07) is 7.88. The van der Waals surface area contributed by atoms with E-state index < -0.39 is 0 Å². The largest absolute Gasteiger partial charge is 0.314 e. The number of nitrogens with one attached hydrogen (secondary N) is 1. The molecule has 1 N–H and O–H groups in total. The lowest BCUT2D eigenvalue weighted by molar-refractivity contribution is 0.142. The Kier molecular flexibility index (Phi) is 3.95. The predicted molar refractivity (Wildman–Crippen MR) is 87.8 cm³/mol. The predicted octanol–water partition coefficient (Wildman–Crippen LogP) is 3.79. The molecule has 2 fully saturated rings. The summed E-state index contributed by atoms with van der Waals surface area (Å²) in [6.07, 6.45) is 8.00. The van der Waals surface area contributed by atoms with E-state index in [2.05, 4.69) is 28.4 Å². The Labute approximate surface area is 132 Å². The van der Waals surface area contributed by atoms with Crippen molar-refractivity contribution < 1.29 is 0 Å². The monoisotopic (exact) mass is 304 g/mol. The molecule has 4 rings (SSSR count). The first kappa shape index (κ1) is 14.0. The average Bonchev–Trinajstić information content (AvgIpc) is 3.24. The fraction of sp³-hybridized carbons (Fsp3) is 0.667. The van der Waals surface area contributed by atoms with E-state index in [1.165, 1.54) is 69.3 Å². The Morgan fingerprint density at radius 2 is 1.90 bits per heavy atom. The van der Waals surface area contributed by atoms with E-state index in [9.17, 15) is 0 Å². The highest BCUT2D eigenvalue weighted by Crippen LogP contribution is 2.38. The van der Waals surface area contributed by atoms with Crippen LogP contribution in [0.15, 0.2) is 18.2 Å². The number of hydrogen-bond acceptors (Lipinski definition) is 2. The highest BCUT2D eigenvalue weighted by Gasteiger charge is 2.31. The summed E-state index contributed by atoms with van der Waals surface area (Å²) in [4.78, 5) is 2.70. The van der Waals surface area contributed by atoms with Gasteiger partial charge in [-0.05, 0) is 74.2 Å². The third-order valence-electron chi connectivity index (χ3n) is 5.51. The van der Waals surface area contributed by atoms with Crippen LogP contribution in [-0.2, 0) is 6.42 Å². The summed E-state index contributed by atoms with van der Waals surface area (Å²) in [5.74, 6) is 0.995. The van der Waals surface area contributed by atoms with Crippen molar-refractivity contribution in [2.75, 3.05) is 19.6 Å². The maximum Gasteiger partial charge on any atom is 0.0408 e. The second-order valence-electron chi connectivity index (χ2n) is 7.06. The molecular formula is C18H25ClN2. The van der Waals surface area contributed by atoms with Crippen LogP contribution in [0.5, 0.6) is 0 Å². The molecule has 3 aliphatic rings. The van der Waals surface area contributed by atoms with Crippen LogP contribution in [0.25, 0.3) is 0 Å². The highest BCUT2D eigenvalue weighted by molar-refractivity contribution is 6.30. The van der Waals surface area contributed by atoms with Gasteiger partial charge in [-0.1, -0.05) is 17.7 Å². The van der Waals surface area contributed by atoms with Crippen molar-refractivity contribution in [3.8, 4) is 0 Å². The van der Waals surface area contributed by atoms with E-state index in [4.69, 9.17) is 11.6 Å². The van der Waals surface area contributed by atoms with Crippen LogP contribution in [0.1, 0.15) is 49.3 Å². The van der Waals surface area contributed by atoms with Crippen molar-refractivity contribution in [2.45, 2.75) is 50.6 Å². The zero-order valence-corrected chi connectivity index (χ0v) is 13.4. The van der Waals surface area contributed by atoms with E-state index in [0.717, 1.165) is 17.0 Å². The lowest BCUT2D eigenvalue weighted by atomic mass is 10.00. The second-order valence-corrected chi connectivity index (χ2v) is 7.50. The van der Waals surface area contributed by atoms with Gasteiger partial charge >= 0.3 is 0 Å². The van der Waals surface area contributed by atoms with Gasteiger partial charge in [0.15, 0.2) is 0 Å². The number of benzene rings is 1. The van der Waals surface area contributed by atoms with Crippen molar-refractivity contribution in [1.29, 1.82) is 0 Å². The summed E-state index contributed by atoms with van der Waals surface area (Å²) < 4.78 is 0. The van der Waals surface area contributed by atoms with Gasteiger partial charge in [0.1, 0.15) is 0 Å². The van der Waals surface area contributed by atoms with Gasteiger partial charge < -0.3 is 5.32 Å². The minimum atomic E-state index is 0.640. The van der Waals surface area contributed by atoms with Crippen molar-refractivity contribution in [1.82, 2.24) is 10.2 Å². The Morgan fingerprint density at radius 1 is 1.10 bits per heavy atom. The first-order chi connectivity index (χ1) is 10.3. The number of hydrogen-bond donors (Lipinski definition) is 1. The van der Waals surface area contributed by atoms with Crippen molar-refractivity contribution in [3.63, 3.8) is 0 Å². The van der Waals surface area contributed by atoms with Crippen LogP contribution in [0.2, 0.25) is 5.02 Å². The van der Waals surface area contributed by atoms with Crippen LogP contribution >= 0.6 is 11.6 Å². The molecule has 1 aliphatic heterocycles. The number of rotatable bonds is 4. The summed E-state index contributed by atoms with van der Waals surface area (Å²) in [6.45, 7) is 3.75. The number of likely N-dealkylation sites (tertiary alicyclic amines) is 1. The summed E-state index contributed by atoms with van der Waals surface area (Å²) in [5, 5.41) is 4.66. The molecule has 1 saturated heterocycles. The zero-order valence-electron chi connectivity index (χ0n) is 12.7. The molecular weight excluding hydrogens is 280 g/mol. The third kappa shape index (κ3) is 3.13. The minimum Gasteiger partial charge on any atom is -0.314 e. The van der Waals surface area contributed by atoms with E-state index in [0.29, 0.717) is 6.04 Å². The first-order valence-corrected chi connectivity index (χ1v) is 8.93. The van der Waals surface area contributed by atoms with E-state index in [1.807, 2.05) is 0 Å². The highest BCUT2D eigenvalue weighted by atomic mass is 35.5. The van der Waals surface area contributed by atoms with Gasteiger partial charge in [0.25, 0.3) is 0 Å². The third-order valence-corrected chi connectivity index (χ3v) is 5.75. The Morgan fingerprint density at radius 3 is 2.67 bits per heavy atom. The molecule has 0 aromatic heterocycles. The average molecular weight is 305 g/mol. The molecule has 2 aliphatic carbocycles. The maximum atomic E-state index is 6.12. The van der Waals surface area contributed by atoms with Crippen LogP contribution in [0, 0.1) is 5.92 Å². The maximum absolute atomic E-state index is 6.12. The zero-order chi connectivity index (χ0) is 14.2. The van der Waals surface area contributed by atoms with Gasteiger partial charge in [0.05, 0.1) is 0 Å². The quantitative estimate of drug-likeness (QED) is 0.910. The van der Waals surface area contributed by atoms with E-state index in [-0.39, 0.29) is 0 Å². The lowest BCUT2D eigenvalue weighted by Crippen LogP contribution is -2.44. The number of halogens is 1. The van der Waals surface area contributed by atoms with Gasteiger partial charge in [-0.25, -0.2) is 0 Å². The lowest BCUT2D eigenvalue weighted by Gasteiger charge is -2.36. The van der Waals surface area contributed by atoms with E-state index in [1.54, 1.807) is 0 Å². The molecule has 0 radical (unpaired) electrons. The van der Waals surface area contributed by atoms with Gasteiger partial charge in [0, 0.05) is 30.2 Å². The molecule has 2 nitrogen and oxygen atoms in total. The normalized spacial score (nSPS) is 27.0. The molecule has 1 unspecified atom stereocenters. The van der Waals surface area contributed by atoms with Crippen LogP contribution < -0.4 is 5.32 Å². The molecule has 0 amide bonds. The van der Waals surface area contributed by atoms with E-state index >= 15 is 0 Å². The SMILES string of the molecule is Clc1ccc2c(c1)CCC2N1CCC(NCC2CC2)CC1. The van der Waals surface area contributed by atoms with Gasteiger partial charge in [-0.2, -0.15) is 0 Å². The number of nitrogens with zero attached hydrogens (tertiary/aromatic N) is 1. The Bertz CT molecular complexity index is 504. The Hall–Kier alpha value is -0.570. The minimum absolute atomic E-state index is 0.640. The fourth-order valence-electron chi connectivity index (χ4n) is 4.01. The Balaban J connectivity index is 1.34. The van der Waals surface area contributed by atoms with Gasteiger partial charge in [-0.3, -0.25) is 4.90 Å². The molecule has 1 aromatic rings. The summed E-state index contributed by atoms with van der Waals surface area (Å²) >= 11 is 6.12. The fourth-order valence-corrected chi connectivity index (χ4v) is 4.21. The second kappa shape index (κ2) is 5.91. The molecule has 114 valence electrons. The molecule has 0 bridgehead atoms. The first-order valence-electron chi connectivity index (χ1n) is 8.55. The van der Waals surface area contributed by atoms with Crippen molar-refractivity contribution >= 4 is 11.6 Å². The molecule has 21 heavy (non-hydrogen) atoms. The van der Waals surface area contributed by atoms with Crippen LogP contribution in [0.4, 0.5) is 0 Å². The summed E-state index contributed by atoms with van der Waals surface area (Å²) in [5.41, 5.74) is 3.00. The molecule has 1 atom stereocenters. The summed E-state index contributed by atoms with van der Waals surface area (Å²) in [7, 11) is 0. The molecule has 3 heteroatoms. The van der Waals surface area contributed by atoms with Gasteiger partial charge in [0.2, 0.25) is 0 Å². The molecule has 1 saturated carbocycles. The van der Waals surface area contributed by atoms with Gasteiger partial charge in [-0.15, -0.1) is 0 Å². The molecule has 0 spiro atoms. The molecule has 1 heterocycles. The topological polar surface area (TPSA) is 15.3 Å². The standard InChI is InChI=1S/C18H25ClN2/c19-15-4-5-17-14(11-15)3-6-18(17)21-9-7-16(8-10-21)20-12-13-1-2-13/h4-5,11,13,16,18,20H,1-3,6-10,12H2. The number of fused-ring (bicyclic) bond motifs is 1. The van der Waals surface area contributed by atoms with Crippen LogP contribution in [0.3, 0.4) is 0 Å². The van der Waals surface area contributed by atoms with Crippen LogP contribution in [-0.4, -0.2) is 30.6 Å². The number of aryl methyl sites for hydroxylation is 1. The molecule has 1 aromatic carbocycles. The van der Waals surface area contributed by atoms with Crippen molar-refractivity contribution in [3.05, 3.63) is 34.3 Å².